The van der Waals surface area contributed by atoms with Crippen molar-refractivity contribution in [1.82, 2.24) is 10.3 Å². The molecule has 0 saturated heterocycles. The van der Waals surface area contributed by atoms with Gasteiger partial charge in [0.2, 0.25) is 0 Å². The van der Waals surface area contributed by atoms with Crippen LogP contribution in [0.3, 0.4) is 0 Å². The molecule has 138 valence electrons. The van der Waals surface area contributed by atoms with E-state index in [2.05, 4.69) is 39.9 Å². The van der Waals surface area contributed by atoms with Crippen molar-refractivity contribution >= 4 is 11.7 Å². The minimum atomic E-state index is -0.0774. The molecule has 0 saturated carbocycles. The smallest absolute Gasteiger partial charge is 0.252 e. The monoisotopic (exact) mass is 359 g/mol. The Balaban J connectivity index is 1.38. The minimum absolute atomic E-state index is 0.0774. The molecule has 0 aliphatic heterocycles. The number of anilines is 1. The molecule has 0 spiro atoms. The van der Waals surface area contributed by atoms with Gasteiger partial charge in [-0.25, -0.2) is 4.98 Å². The molecule has 2 aromatic carbocycles. The van der Waals surface area contributed by atoms with E-state index in [-0.39, 0.29) is 5.91 Å². The second-order valence-corrected chi connectivity index (χ2v) is 6.44. The largest absolute Gasteiger partial charge is 0.370 e. The number of amides is 1. The van der Waals surface area contributed by atoms with Gasteiger partial charge in [-0.15, -0.1) is 0 Å². The molecule has 0 fully saturated rings. The van der Waals surface area contributed by atoms with Gasteiger partial charge in [-0.3, -0.25) is 4.79 Å². The zero-order valence-electron chi connectivity index (χ0n) is 15.4. The van der Waals surface area contributed by atoms with Gasteiger partial charge < -0.3 is 10.6 Å². The molecular formula is C23H25N3O. The maximum atomic E-state index is 12.2. The fourth-order valence-corrected chi connectivity index (χ4v) is 2.85. The first-order valence-electron chi connectivity index (χ1n) is 9.37. The zero-order valence-corrected chi connectivity index (χ0v) is 15.4. The molecule has 1 amide bonds. The molecule has 0 unspecified atom stereocenters. The minimum Gasteiger partial charge on any atom is -0.370 e. The third-order valence-corrected chi connectivity index (χ3v) is 4.36. The van der Waals surface area contributed by atoms with E-state index >= 15 is 0 Å². The Morgan fingerprint density at radius 2 is 1.44 bits per heavy atom. The third kappa shape index (κ3) is 6.26. The van der Waals surface area contributed by atoms with Crippen LogP contribution in [0.25, 0.3) is 0 Å². The predicted molar refractivity (Wildman–Crippen MR) is 110 cm³/mol. The van der Waals surface area contributed by atoms with Crippen LogP contribution in [-0.4, -0.2) is 24.0 Å². The molecular weight excluding hydrogens is 334 g/mol. The van der Waals surface area contributed by atoms with Gasteiger partial charge in [0.25, 0.3) is 5.91 Å². The number of aromatic nitrogens is 1. The van der Waals surface area contributed by atoms with Gasteiger partial charge in [-0.05, 0) is 42.5 Å². The number of nitrogens with zero attached hydrogens (tertiary/aromatic N) is 1. The lowest BCUT2D eigenvalue weighted by atomic mass is 10.1. The Kier molecular flexibility index (Phi) is 6.99. The first-order valence-corrected chi connectivity index (χ1v) is 9.37. The lowest BCUT2D eigenvalue weighted by Gasteiger charge is -2.08. The number of carbonyl (C=O) groups excluding carboxylic acids is 1. The number of rotatable bonds is 9. The van der Waals surface area contributed by atoms with Gasteiger partial charge in [-0.1, -0.05) is 60.7 Å². The molecule has 3 aromatic rings. The Morgan fingerprint density at radius 1 is 0.778 bits per heavy atom. The van der Waals surface area contributed by atoms with Crippen molar-refractivity contribution in [3.8, 4) is 0 Å². The lowest BCUT2D eigenvalue weighted by molar-refractivity contribution is 0.0953. The Labute approximate surface area is 160 Å². The van der Waals surface area contributed by atoms with Crippen molar-refractivity contribution < 1.29 is 4.79 Å². The number of aryl methyl sites for hydroxylation is 1. The van der Waals surface area contributed by atoms with E-state index in [1.165, 1.54) is 11.1 Å². The molecule has 1 aromatic heterocycles. The van der Waals surface area contributed by atoms with Gasteiger partial charge in [0, 0.05) is 19.3 Å². The zero-order chi connectivity index (χ0) is 18.7. The summed E-state index contributed by atoms with van der Waals surface area (Å²) in [6.45, 7) is 1.47. The highest BCUT2D eigenvalue weighted by molar-refractivity contribution is 5.94. The summed E-state index contributed by atoms with van der Waals surface area (Å²) >= 11 is 0. The number of pyridine rings is 1. The van der Waals surface area contributed by atoms with Crippen LogP contribution in [0.2, 0.25) is 0 Å². The van der Waals surface area contributed by atoms with Gasteiger partial charge in [-0.2, -0.15) is 0 Å². The average Bonchev–Trinajstić information content (AvgIpc) is 2.73. The molecule has 27 heavy (non-hydrogen) atoms. The maximum absolute atomic E-state index is 12.2. The van der Waals surface area contributed by atoms with E-state index in [9.17, 15) is 4.79 Å². The molecule has 0 bridgehead atoms. The number of hydrogen-bond acceptors (Lipinski definition) is 3. The first kappa shape index (κ1) is 18.6. The van der Waals surface area contributed by atoms with E-state index in [4.69, 9.17) is 0 Å². The molecule has 0 aliphatic carbocycles. The van der Waals surface area contributed by atoms with E-state index in [1.807, 2.05) is 48.5 Å². The highest BCUT2D eigenvalue weighted by Gasteiger charge is 2.05. The fourth-order valence-electron chi connectivity index (χ4n) is 2.85. The van der Waals surface area contributed by atoms with Crippen molar-refractivity contribution in [2.45, 2.75) is 19.3 Å². The van der Waals surface area contributed by atoms with Gasteiger partial charge in [0.1, 0.15) is 5.82 Å². The van der Waals surface area contributed by atoms with Crippen molar-refractivity contribution in [2.24, 2.45) is 0 Å². The van der Waals surface area contributed by atoms with Gasteiger partial charge in [0.15, 0.2) is 0 Å². The molecule has 0 radical (unpaired) electrons. The Hall–Kier alpha value is -3.14. The van der Waals surface area contributed by atoms with Crippen LogP contribution in [0.1, 0.15) is 27.9 Å². The number of benzene rings is 2. The molecule has 2 N–H and O–H groups in total. The van der Waals surface area contributed by atoms with Crippen LogP contribution in [0.5, 0.6) is 0 Å². The van der Waals surface area contributed by atoms with E-state index in [1.54, 1.807) is 6.20 Å². The highest BCUT2D eigenvalue weighted by Crippen LogP contribution is 2.07. The molecule has 3 rings (SSSR count). The van der Waals surface area contributed by atoms with Crippen LogP contribution in [0.4, 0.5) is 5.82 Å². The van der Waals surface area contributed by atoms with Crippen molar-refractivity contribution in [2.75, 3.05) is 18.4 Å². The number of nitrogens with one attached hydrogen (secondary N) is 2. The van der Waals surface area contributed by atoms with Gasteiger partial charge in [0.05, 0.1) is 5.56 Å². The summed E-state index contributed by atoms with van der Waals surface area (Å²) in [4.78, 5) is 16.5. The quantitative estimate of drug-likeness (QED) is 0.566. The van der Waals surface area contributed by atoms with Crippen LogP contribution in [0.15, 0.2) is 79.0 Å². The predicted octanol–water partition coefficient (Wildman–Crippen LogP) is 4.10. The number of hydrogen-bond donors (Lipinski definition) is 2. The average molecular weight is 359 g/mol. The SMILES string of the molecule is O=C(NCCCc1ccccc1)c1ccc(NCCc2ccccc2)nc1. The summed E-state index contributed by atoms with van der Waals surface area (Å²) < 4.78 is 0. The van der Waals surface area contributed by atoms with Crippen molar-refractivity contribution in [1.29, 1.82) is 0 Å². The first-order chi connectivity index (χ1) is 13.3. The third-order valence-electron chi connectivity index (χ3n) is 4.36. The summed E-state index contributed by atoms with van der Waals surface area (Å²) in [5.74, 6) is 0.706. The molecule has 1 heterocycles. The van der Waals surface area contributed by atoms with E-state index < -0.39 is 0 Å². The second-order valence-electron chi connectivity index (χ2n) is 6.44. The molecule has 0 atom stereocenters. The maximum Gasteiger partial charge on any atom is 0.252 e. The van der Waals surface area contributed by atoms with Crippen molar-refractivity contribution in [3.05, 3.63) is 95.7 Å². The summed E-state index contributed by atoms with van der Waals surface area (Å²) in [7, 11) is 0. The fraction of sp³-hybridized carbons (Fsp3) is 0.217. The van der Waals surface area contributed by atoms with E-state index in [0.717, 1.165) is 31.6 Å². The molecule has 0 aliphatic rings. The van der Waals surface area contributed by atoms with Crippen LogP contribution in [-0.2, 0) is 12.8 Å². The normalized spacial score (nSPS) is 10.4. The molecule has 4 nitrogen and oxygen atoms in total. The second kappa shape index (κ2) is 10.1. The molecule has 4 heteroatoms. The standard InChI is InChI=1S/C23H25N3O/c27-23(25-16-7-12-19-8-3-1-4-9-19)21-13-14-22(26-18-21)24-17-15-20-10-5-2-6-11-20/h1-6,8-11,13-14,18H,7,12,15-17H2,(H,24,26)(H,25,27). The van der Waals surface area contributed by atoms with Crippen LogP contribution < -0.4 is 10.6 Å². The summed E-state index contributed by atoms with van der Waals surface area (Å²) in [5, 5.41) is 6.24. The topological polar surface area (TPSA) is 54.0 Å². The summed E-state index contributed by atoms with van der Waals surface area (Å²) in [5.41, 5.74) is 3.17. The van der Waals surface area contributed by atoms with Crippen LogP contribution >= 0.6 is 0 Å². The summed E-state index contributed by atoms with van der Waals surface area (Å²) in [6, 6.07) is 24.3. The van der Waals surface area contributed by atoms with Gasteiger partial charge >= 0.3 is 0 Å². The van der Waals surface area contributed by atoms with Crippen molar-refractivity contribution in [3.63, 3.8) is 0 Å². The Morgan fingerprint density at radius 3 is 2.07 bits per heavy atom. The van der Waals surface area contributed by atoms with E-state index in [0.29, 0.717) is 12.1 Å². The number of carbonyl (C=O) groups is 1. The lowest BCUT2D eigenvalue weighted by Crippen LogP contribution is -2.25. The van der Waals surface area contributed by atoms with Crippen LogP contribution in [0, 0.1) is 0 Å². The summed E-state index contributed by atoms with van der Waals surface area (Å²) in [6.07, 6.45) is 4.44. The Bertz CT molecular complexity index is 817. The highest BCUT2D eigenvalue weighted by atomic mass is 16.1.